The maximum atomic E-state index is 13.2. The van der Waals surface area contributed by atoms with Gasteiger partial charge in [0.15, 0.2) is 17.2 Å². The van der Waals surface area contributed by atoms with Crippen molar-refractivity contribution in [1.82, 2.24) is 4.57 Å². The third kappa shape index (κ3) is 8.94. The Morgan fingerprint density at radius 1 is 0.738 bits per heavy atom. The largest absolute Gasteiger partial charge is 0.507 e. The van der Waals surface area contributed by atoms with Crippen molar-refractivity contribution < 1.29 is 24.8 Å². The number of fused-ring (bicyclic) bond motifs is 1. The summed E-state index contributed by atoms with van der Waals surface area (Å²) in [6.45, 7) is 2.26. The zero-order chi connectivity index (χ0) is 30.3. The number of unbranched alkanes of at least 4 members (excludes halogenated alkanes) is 14. The quantitative estimate of drug-likeness (QED) is 0.122. The van der Waals surface area contributed by atoms with Crippen LogP contribution in [0.15, 0.2) is 41.2 Å². The van der Waals surface area contributed by atoms with Gasteiger partial charge in [-0.1, -0.05) is 96.5 Å². The number of phenolic OH excluding ortho intramolecular Hbond substituents is 2. The highest BCUT2D eigenvalue weighted by Crippen LogP contribution is 2.38. The number of hydrogen-bond acceptors (Lipinski definition) is 6. The van der Waals surface area contributed by atoms with Gasteiger partial charge in [-0.05, 0) is 31.0 Å². The number of allylic oxidation sites excluding steroid dienone is 1. The second kappa shape index (κ2) is 17.4. The summed E-state index contributed by atoms with van der Waals surface area (Å²) in [6, 6.07) is 7.64. The summed E-state index contributed by atoms with van der Waals surface area (Å²) in [5.41, 5.74) is 0.415. The minimum atomic E-state index is -0.691. The molecule has 0 amide bonds. The molecule has 42 heavy (non-hydrogen) atoms. The lowest BCUT2D eigenvalue weighted by molar-refractivity contribution is 0.373. The standard InChI is InChI=1S/C35H49NO6/c1-4-5-6-7-8-9-10-11-12-13-14-15-16-17-18-19-22-36-28-24-27(41-2)25-30(38)32(28)34(39)35(40)33(36)26-20-21-29(37)31(23-26)42-3/h19-25,37-38,40H,4-18H2,1-3H3. The van der Waals surface area contributed by atoms with Crippen molar-refractivity contribution in [1.29, 1.82) is 0 Å². The van der Waals surface area contributed by atoms with Gasteiger partial charge in [0.2, 0.25) is 5.43 Å². The third-order valence-electron chi connectivity index (χ3n) is 7.90. The predicted molar refractivity (Wildman–Crippen MR) is 172 cm³/mol. The highest BCUT2D eigenvalue weighted by atomic mass is 16.5. The van der Waals surface area contributed by atoms with Crippen LogP contribution in [-0.4, -0.2) is 34.1 Å². The van der Waals surface area contributed by atoms with Crippen LogP contribution in [0.1, 0.15) is 103 Å². The monoisotopic (exact) mass is 579 g/mol. The molecular formula is C35H49NO6. The summed E-state index contributed by atoms with van der Waals surface area (Å²) >= 11 is 0. The Morgan fingerprint density at radius 2 is 1.33 bits per heavy atom. The van der Waals surface area contributed by atoms with Gasteiger partial charge in [0.05, 0.1) is 30.8 Å². The van der Waals surface area contributed by atoms with E-state index in [4.69, 9.17) is 9.47 Å². The third-order valence-corrected chi connectivity index (χ3v) is 7.90. The van der Waals surface area contributed by atoms with E-state index >= 15 is 0 Å². The summed E-state index contributed by atoms with van der Waals surface area (Å²) in [5.74, 6) is -0.229. The molecule has 0 aliphatic rings. The fourth-order valence-electron chi connectivity index (χ4n) is 5.48. The molecule has 0 saturated carbocycles. The van der Waals surface area contributed by atoms with Crippen LogP contribution in [0.3, 0.4) is 0 Å². The summed E-state index contributed by atoms with van der Waals surface area (Å²) < 4.78 is 12.3. The van der Waals surface area contributed by atoms with Crippen molar-refractivity contribution in [3.05, 3.63) is 46.6 Å². The molecule has 1 aromatic heterocycles. The highest BCUT2D eigenvalue weighted by molar-refractivity contribution is 5.93. The Labute approximate surface area is 250 Å². The molecule has 230 valence electrons. The van der Waals surface area contributed by atoms with Gasteiger partial charge < -0.3 is 29.4 Å². The van der Waals surface area contributed by atoms with E-state index in [1.165, 1.54) is 103 Å². The van der Waals surface area contributed by atoms with Crippen LogP contribution in [0.2, 0.25) is 0 Å². The van der Waals surface area contributed by atoms with Crippen molar-refractivity contribution in [2.24, 2.45) is 0 Å². The molecular weight excluding hydrogens is 530 g/mol. The van der Waals surface area contributed by atoms with Gasteiger partial charge in [-0.2, -0.15) is 0 Å². The average Bonchev–Trinajstić information content (AvgIpc) is 2.99. The molecule has 0 spiro atoms. The average molecular weight is 580 g/mol. The van der Waals surface area contributed by atoms with Crippen LogP contribution in [0.5, 0.6) is 28.7 Å². The molecule has 7 heteroatoms. The maximum Gasteiger partial charge on any atom is 0.235 e. The number of nitrogens with zero attached hydrogens (tertiary/aromatic N) is 1. The Hall–Kier alpha value is -3.61. The summed E-state index contributed by atoms with van der Waals surface area (Å²) in [4.78, 5) is 13.2. The normalized spacial score (nSPS) is 11.5. The van der Waals surface area contributed by atoms with Gasteiger partial charge >= 0.3 is 0 Å². The number of benzene rings is 2. The van der Waals surface area contributed by atoms with E-state index in [2.05, 4.69) is 6.92 Å². The Bertz CT molecular complexity index is 1360. The topological polar surface area (TPSA) is 101 Å². The number of hydrogen-bond donors (Lipinski definition) is 3. The van der Waals surface area contributed by atoms with Gasteiger partial charge in [-0.3, -0.25) is 4.79 Å². The van der Waals surface area contributed by atoms with E-state index in [1.54, 1.807) is 22.8 Å². The lowest BCUT2D eigenvalue weighted by Gasteiger charge is -2.17. The van der Waals surface area contributed by atoms with E-state index < -0.39 is 11.2 Å². The van der Waals surface area contributed by atoms with Crippen molar-refractivity contribution >= 4 is 17.1 Å². The first kappa shape index (κ1) is 32.9. The Kier molecular flexibility index (Phi) is 13.6. The number of phenols is 2. The molecule has 0 radical (unpaired) electrons. The number of methoxy groups -OCH3 is 2. The minimum Gasteiger partial charge on any atom is -0.507 e. The summed E-state index contributed by atoms with van der Waals surface area (Å²) in [6.07, 6.45) is 22.9. The molecule has 0 aliphatic carbocycles. The smallest absolute Gasteiger partial charge is 0.235 e. The zero-order valence-corrected chi connectivity index (χ0v) is 25.7. The maximum absolute atomic E-state index is 13.2. The van der Waals surface area contributed by atoms with Crippen LogP contribution < -0.4 is 14.9 Å². The van der Waals surface area contributed by atoms with Crippen LogP contribution >= 0.6 is 0 Å². The molecule has 0 saturated heterocycles. The fourth-order valence-corrected chi connectivity index (χ4v) is 5.48. The number of rotatable bonds is 19. The second-order valence-corrected chi connectivity index (χ2v) is 11.1. The first-order valence-electron chi connectivity index (χ1n) is 15.6. The van der Waals surface area contributed by atoms with Crippen molar-refractivity contribution in [3.63, 3.8) is 0 Å². The molecule has 0 atom stereocenters. The number of ether oxygens (including phenoxy) is 2. The molecule has 3 rings (SSSR count). The molecule has 0 aliphatic heterocycles. The lowest BCUT2D eigenvalue weighted by Crippen LogP contribution is -2.10. The van der Waals surface area contributed by atoms with Gasteiger partial charge in [-0.15, -0.1) is 0 Å². The molecule has 0 bridgehead atoms. The first-order chi connectivity index (χ1) is 20.4. The highest BCUT2D eigenvalue weighted by Gasteiger charge is 2.21. The SMILES string of the molecule is CCCCCCCCCCCCCCCCC=Cn1c(-c2ccc(O)c(OC)c2)c(O)c(=O)c2c(O)cc(OC)cc21. The number of pyridine rings is 1. The van der Waals surface area contributed by atoms with Gasteiger partial charge in [0.25, 0.3) is 0 Å². The summed E-state index contributed by atoms with van der Waals surface area (Å²) in [5, 5.41) is 31.8. The molecule has 0 fully saturated rings. The van der Waals surface area contributed by atoms with E-state index in [0.29, 0.717) is 16.8 Å². The van der Waals surface area contributed by atoms with E-state index in [0.717, 1.165) is 19.3 Å². The molecule has 0 unspecified atom stereocenters. The van der Waals surface area contributed by atoms with Crippen molar-refractivity contribution in [2.45, 2.75) is 103 Å². The predicted octanol–water partition coefficient (Wildman–Crippen LogP) is 9.14. The van der Waals surface area contributed by atoms with Crippen LogP contribution in [-0.2, 0) is 0 Å². The minimum absolute atomic E-state index is 0.00364. The first-order valence-corrected chi connectivity index (χ1v) is 15.6. The van der Waals surface area contributed by atoms with Crippen LogP contribution in [0, 0.1) is 0 Å². The number of aromatic nitrogens is 1. The van der Waals surface area contributed by atoms with Gasteiger partial charge in [-0.25, -0.2) is 0 Å². The molecule has 1 heterocycles. The fraction of sp³-hybridized carbons (Fsp3) is 0.514. The van der Waals surface area contributed by atoms with E-state index in [1.807, 2.05) is 12.3 Å². The molecule has 7 nitrogen and oxygen atoms in total. The van der Waals surface area contributed by atoms with Crippen molar-refractivity contribution in [2.75, 3.05) is 14.2 Å². The van der Waals surface area contributed by atoms with E-state index in [-0.39, 0.29) is 28.3 Å². The number of aromatic hydroxyl groups is 3. The lowest BCUT2D eigenvalue weighted by atomic mass is 10.0. The molecule has 3 aromatic rings. The molecule has 2 aromatic carbocycles. The van der Waals surface area contributed by atoms with Crippen LogP contribution in [0.4, 0.5) is 0 Å². The Morgan fingerprint density at radius 3 is 1.90 bits per heavy atom. The second-order valence-electron chi connectivity index (χ2n) is 11.1. The van der Waals surface area contributed by atoms with E-state index in [9.17, 15) is 20.1 Å². The van der Waals surface area contributed by atoms with Gasteiger partial charge in [0, 0.05) is 23.9 Å². The summed E-state index contributed by atoms with van der Waals surface area (Å²) in [7, 11) is 2.92. The Balaban J connectivity index is 1.64. The molecule has 3 N–H and O–H groups in total. The van der Waals surface area contributed by atoms with Crippen molar-refractivity contribution in [3.8, 4) is 40.0 Å². The van der Waals surface area contributed by atoms with Crippen LogP contribution in [0.25, 0.3) is 28.4 Å². The zero-order valence-electron chi connectivity index (χ0n) is 25.7. The van der Waals surface area contributed by atoms with Gasteiger partial charge in [0.1, 0.15) is 11.5 Å².